The molecule has 0 aromatic carbocycles. The smallest absolute Gasteiger partial charge is 0.242 e. The molecule has 1 heterocycles. The Bertz CT molecular complexity index is 319. The lowest BCUT2D eigenvalue weighted by molar-refractivity contribution is 0.149. The third-order valence-electron chi connectivity index (χ3n) is 1.41. The summed E-state index contributed by atoms with van der Waals surface area (Å²) in [6, 6.07) is 0.775. The zero-order valence-corrected chi connectivity index (χ0v) is 9.11. The van der Waals surface area contributed by atoms with Crippen molar-refractivity contribution >= 4 is 34.2 Å². The summed E-state index contributed by atoms with van der Waals surface area (Å²) >= 11 is 7.00. The average molecular weight is 321 g/mol. The lowest BCUT2D eigenvalue weighted by Crippen LogP contribution is -2.00. The first-order valence-electron chi connectivity index (χ1n) is 3.25. The standard InChI is InChI=1S/C7H4ClF3IN/c8-2-5-3(6(10)11)1-4(9)7(12)13-5/h1,6H,2H2. The molecular formula is C7H4ClF3IN. The fraction of sp³-hybridized carbons (Fsp3) is 0.286. The second-order valence-corrected chi connectivity index (χ2v) is 3.52. The molecule has 13 heavy (non-hydrogen) atoms. The van der Waals surface area contributed by atoms with E-state index in [1.807, 2.05) is 0 Å². The van der Waals surface area contributed by atoms with Crippen molar-refractivity contribution in [2.24, 2.45) is 0 Å². The van der Waals surface area contributed by atoms with Crippen molar-refractivity contribution in [3.63, 3.8) is 0 Å². The van der Waals surface area contributed by atoms with Crippen molar-refractivity contribution in [2.45, 2.75) is 12.3 Å². The first kappa shape index (κ1) is 11.0. The first-order chi connectivity index (χ1) is 6.06. The molecule has 0 N–H and O–H groups in total. The SMILES string of the molecule is Fc1cc(C(F)F)c(CCl)nc1I. The van der Waals surface area contributed by atoms with Crippen molar-refractivity contribution in [3.8, 4) is 0 Å². The van der Waals surface area contributed by atoms with Gasteiger partial charge in [-0.25, -0.2) is 18.2 Å². The van der Waals surface area contributed by atoms with E-state index in [4.69, 9.17) is 11.6 Å². The van der Waals surface area contributed by atoms with Gasteiger partial charge in [0.15, 0.2) is 5.82 Å². The molecule has 0 atom stereocenters. The summed E-state index contributed by atoms with van der Waals surface area (Å²) < 4.78 is 37.4. The van der Waals surface area contributed by atoms with Crippen LogP contribution in [0.1, 0.15) is 17.7 Å². The number of pyridine rings is 1. The molecule has 0 saturated carbocycles. The number of hydrogen-bond acceptors (Lipinski definition) is 1. The molecular weight excluding hydrogens is 317 g/mol. The molecule has 0 saturated heterocycles. The summed E-state index contributed by atoms with van der Waals surface area (Å²) in [5.74, 6) is -0.888. The maximum Gasteiger partial charge on any atom is 0.265 e. The van der Waals surface area contributed by atoms with Crippen LogP contribution in [0.3, 0.4) is 0 Å². The highest BCUT2D eigenvalue weighted by Crippen LogP contribution is 2.25. The highest BCUT2D eigenvalue weighted by molar-refractivity contribution is 14.1. The van der Waals surface area contributed by atoms with Gasteiger partial charge in [-0.15, -0.1) is 11.6 Å². The van der Waals surface area contributed by atoms with Crippen LogP contribution in [0.4, 0.5) is 13.2 Å². The van der Waals surface area contributed by atoms with Gasteiger partial charge in [0.05, 0.1) is 11.6 Å². The van der Waals surface area contributed by atoms with E-state index in [-0.39, 0.29) is 15.3 Å². The molecule has 1 aromatic heterocycles. The lowest BCUT2D eigenvalue weighted by Gasteiger charge is -2.05. The molecule has 0 bridgehead atoms. The molecule has 1 rings (SSSR count). The fourth-order valence-electron chi connectivity index (χ4n) is 0.812. The minimum absolute atomic E-state index is 0.0301. The third-order valence-corrected chi connectivity index (χ3v) is 2.42. The molecule has 72 valence electrons. The lowest BCUT2D eigenvalue weighted by atomic mass is 10.2. The van der Waals surface area contributed by atoms with E-state index in [1.54, 1.807) is 22.6 Å². The van der Waals surface area contributed by atoms with Gasteiger partial charge in [0.1, 0.15) is 3.70 Å². The molecule has 6 heteroatoms. The number of alkyl halides is 3. The second-order valence-electron chi connectivity index (χ2n) is 2.23. The zero-order valence-electron chi connectivity index (χ0n) is 6.20. The van der Waals surface area contributed by atoms with Crippen LogP contribution in [0.15, 0.2) is 6.07 Å². The van der Waals surface area contributed by atoms with E-state index in [2.05, 4.69) is 4.98 Å². The van der Waals surface area contributed by atoms with Crippen LogP contribution in [0, 0.1) is 9.52 Å². The summed E-state index contributed by atoms with van der Waals surface area (Å²) in [6.07, 6.45) is -2.74. The first-order valence-corrected chi connectivity index (χ1v) is 4.86. The van der Waals surface area contributed by atoms with Gasteiger partial charge in [-0.3, -0.25) is 0 Å². The number of hydrogen-bond donors (Lipinski definition) is 0. The van der Waals surface area contributed by atoms with E-state index >= 15 is 0 Å². The topological polar surface area (TPSA) is 12.9 Å². The summed E-state index contributed by atoms with van der Waals surface area (Å²) in [6.45, 7) is 0. The quantitative estimate of drug-likeness (QED) is 0.461. The van der Waals surface area contributed by atoms with Gasteiger partial charge in [-0.2, -0.15) is 0 Å². The maximum absolute atomic E-state index is 12.8. The Labute approximate surface area is 91.4 Å². The summed E-state index contributed by atoms with van der Waals surface area (Å²) in [4.78, 5) is 3.61. The van der Waals surface area contributed by atoms with Crippen LogP contribution in [0.5, 0.6) is 0 Å². The van der Waals surface area contributed by atoms with E-state index in [1.165, 1.54) is 0 Å². The van der Waals surface area contributed by atoms with E-state index in [9.17, 15) is 13.2 Å². The Morgan fingerprint density at radius 1 is 1.54 bits per heavy atom. The zero-order chi connectivity index (χ0) is 10.0. The Balaban J connectivity index is 3.25. The Kier molecular flexibility index (Phi) is 3.78. The predicted molar refractivity (Wildman–Crippen MR) is 51.4 cm³/mol. The molecule has 1 nitrogen and oxygen atoms in total. The van der Waals surface area contributed by atoms with Crippen LogP contribution < -0.4 is 0 Å². The molecule has 0 unspecified atom stereocenters. The van der Waals surface area contributed by atoms with Crippen LogP contribution >= 0.6 is 34.2 Å². The van der Waals surface area contributed by atoms with Crippen LogP contribution in [0.2, 0.25) is 0 Å². The largest absolute Gasteiger partial charge is 0.265 e. The summed E-state index contributed by atoms with van der Waals surface area (Å²) in [7, 11) is 0. The van der Waals surface area contributed by atoms with E-state index in [0.717, 1.165) is 6.07 Å². The normalized spacial score (nSPS) is 10.9. The number of nitrogens with zero attached hydrogens (tertiary/aromatic N) is 1. The van der Waals surface area contributed by atoms with Crippen molar-refractivity contribution in [3.05, 3.63) is 26.8 Å². The molecule has 0 aliphatic rings. The molecule has 0 aliphatic heterocycles. The Morgan fingerprint density at radius 3 is 2.62 bits per heavy atom. The highest BCUT2D eigenvalue weighted by atomic mass is 127. The third kappa shape index (κ3) is 2.46. The number of halogens is 5. The van der Waals surface area contributed by atoms with E-state index in [0.29, 0.717) is 0 Å². The molecule has 0 aliphatic carbocycles. The predicted octanol–water partition coefficient (Wildman–Crippen LogP) is 3.50. The van der Waals surface area contributed by atoms with Crippen LogP contribution in [-0.2, 0) is 5.88 Å². The highest BCUT2D eigenvalue weighted by Gasteiger charge is 2.16. The van der Waals surface area contributed by atoms with Gasteiger partial charge in [0.2, 0.25) is 0 Å². The van der Waals surface area contributed by atoms with E-state index < -0.39 is 17.8 Å². The minimum Gasteiger partial charge on any atom is -0.242 e. The number of rotatable bonds is 2. The van der Waals surface area contributed by atoms with Crippen molar-refractivity contribution in [2.75, 3.05) is 0 Å². The van der Waals surface area contributed by atoms with Gasteiger partial charge < -0.3 is 0 Å². The van der Waals surface area contributed by atoms with Crippen molar-refractivity contribution in [1.29, 1.82) is 0 Å². The van der Waals surface area contributed by atoms with Crippen molar-refractivity contribution in [1.82, 2.24) is 4.98 Å². The monoisotopic (exact) mass is 321 g/mol. The second kappa shape index (κ2) is 4.45. The fourth-order valence-corrected chi connectivity index (χ4v) is 1.47. The molecule has 0 spiro atoms. The van der Waals surface area contributed by atoms with Gasteiger partial charge in [0.25, 0.3) is 6.43 Å². The summed E-state index contributed by atoms with van der Waals surface area (Å²) in [5, 5.41) is 0. The van der Waals surface area contributed by atoms with Crippen molar-refractivity contribution < 1.29 is 13.2 Å². The van der Waals surface area contributed by atoms with Crippen LogP contribution in [-0.4, -0.2) is 4.98 Å². The van der Waals surface area contributed by atoms with Crippen LogP contribution in [0.25, 0.3) is 0 Å². The van der Waals surface area contributed by atoms with Gasteiger partial charge in [-0.05, 0) is 28.7 Å². The molecule has 0 amide bonds. The molecule has 0 radical (unpaired) electrons. The average Bonchev–Trinajstić information content (AvgIpc) is 2.08. The van der Waals surface area contributed by atoms with Gasteiger partial charge >= 0.3 is 0 Å². The summed E-state index contributed by atoms with van der Waals surface area (Å²) in [5.41, 5.74) is -0.407. The molecule has 0 fully saturated rings. The van der Waals surface area contributed by atoms with Gasteiger partial charge in [-0.1, -0.05) is 0 Å². The number of aromatic nitrogens is 1. The van der Waals surface area contributed by atoms with Gasteiger partial charge in [0, 0.05) is 5.56 Å². The maximum atomic E-state index is 12.8. The molecule has 1 aromatic rings. The Morgan fingerprint density at radius 2 is 2.15 bits per heavy atom. The minimum atomic E-state index is -2.74. The Hall–Kier alpha value is -0.0400.